The van der Waals surface area contributed by atoms with Crippen LogP contribution < -0.4 is 15.4 Å². The predicted molar refractivity (Wildman–Crippen MR) is 108 cm³/mol. The van der Waals surface area contributed by atoms with E-state index in [2.05, 4.69) is 15.0 Å². The average molecular weight is 400 g/mol. The molecule has 1 unspecified atom stereocenters. The molecule has 0 aliphatic carbocycles. The van der Waals surface area contributed by atoms with Gasteiger partial charge in [-0.15, -0.1) is 0 Å². The van der Waals surface area contributed by atoms with Crippen LogP contribution in [0.5, 0.6) is 0 Å². The Bertz CT molecular complexity index is 1080. The second-order valence-corrected chi connectivity index (χ2v) is 7.27. The Hall–Kier alpha value is -3.10. The first-order valence-corrected chi connectivity index (χ1v) is 9.49. The summed E-state index contributed by atoms with van der Waals surface area (Å²) in [6.45, 7) is 0.0228. The number of rotatable bonds is 5. The molecule has 2 aromatic heterocycles. The van der Waals surface area contributed by atoms with Gasteiger partial charge in [-0.2, -0.15) is 0 Å². The highest BCUT2D eigenvalue weighted by atomic mass is 19.3. The SMILES string of the molecule is CN(C)c1cc(N2CCCC2c2nc3ccccc3c(=O)n2CC(F)F)ncn1. The van der Waals surface area contributed by atoms with Gasteiger partial charge >= 0.3 is 0 Å². The molecule has 7 nitrogen and oxygen atoms in total. The van der Waals surface area contributed by atoms with Crippen LogP contribution in [0.2, 0.25) is 0 Å². The Kier molecular flexibility index (Phi) is 5.12. The van der Waals surface area contributed by atoms with Crippen LogP contribution >= 0.6 is 0 Å². The van der Waals surface area contributed by atoms with Crippen molar-refractivity contribution in [2.45, 2.75) is 31.9 Å². The van der Waals surface area contributed by atoms with Gasteiger partial charge in [0.15, 0.2) is 0 Å². The largest absolute Gasteiger partial charge is 0.363 e. The van der Waals surface area contributed by atoms with E-state index in [1.165, 1.54) is 6.33 Å². The summed E-state index contributed by atoms with van der Waals surface area (Å²) in [5.74, 6) is 1.80. The molecule has 0 spiro atoms. The van der Waals surface area contributed by atoms with E-state index in [4.69, 9.17) is 0 Å². The Morgan fingerprint density at radius 2 is 2.03 bits per heavy atom. The summed E-state index contributed by atoms with van der Waals surface area (Å²) >= 11 is 0. The fourth-order valence-electron chi connectivity index (χ4n) is 3.80. The van der Waals surface area contributed by atoms with Gasteiger partial charge < -0.3 is 9.80 Å². The zero-order valence-electron chi connectivity index (χ0n) is 16.3. The number of hydrogen-bond acceptors (Lipinski definition) is 6. The molecule has 0 bridgehead atoms. The summed E-state index contributed by atoms with van der Waals surface area (Å²) in [5.41, 5.74) is 0.0796. The highest BCUT2D eigenvalue weighted by Gasteiger charge is 2.32. The molecular formula is C20H22F2N6O. The van der Waals surface area contributed by atoms with Crippen molar-refractivity contribution in [1.82, 2.24) is 19.5 Å². The molecule has 1 aromatic carbocycles. The summed E-state index contributed by atoms with van der Waals surface area (Å²) in [6, 6.07) is 8.41. The highest BCUT2D eigenvalue weighted by molar-refractivity contribution is 5.77. The molecule has 0 radical (unpaired) electrons. The van der Waals surface area contributed by atoms with E-state index in [0.29, 0.717) is 35.5 Å². The molecule has 1 saturated heterocycles. The summed E-state index contributed by atoms with van der Waals surface area (Å²) in [4.78, 5) is 30.1. The van der Waals surface area contributed by atoms with Crippen molar-refractivity contribution in [3.05, 3.63) is 52.8 Å². The fourth-order valence-corrected chi connectivity index (χ4v) is 3.80. The van der Waals surface area contributed by atoms with E-state index in [1.54, 1.807) is 24.3 Å². The third-order valence-corrected chi connectivity index (χ3v) is 5.15. The van der Waals surface area contributed by atoms with Crippen LogP contribution in [-0.2, 0) is 6.54 Å². The molecule has 1 aliphatic heterocycles. The van der Waals surface area contributed by atoms with E-state index in [9.17, 15) is 13.6 Å². The lowest BCUT2D eigenvalue weighted by Crippen LogP contribution is -2.34. The fraction of sp³-hybridized carbons (Fsp3) is 0.400. The molecule has 1 atom stereocenters. The molecule has 1 fully saturated rings. The minimum absolute atomic E-state index is 0.309. The first-order valence-electron chi connectivity index (χ1n) is 9.49. The number of aromatic nitrogens is 4. The quantitative estimate of drug-likeness (QED) is 0.656. The number of alkyl halides is 2. The molecule has 4 rings (SSSR count). The van der Waals surface area contributed by atoms with E-state index >= 15 is 0 Å². The zero-order chi connectivity index (χ0) is 20.5. The number of anilines is 2. The van der Waals surface area contributed by atoms with Crippen LogP contribution in [0.25, 0.3) is 10.9 Å². The van der Waals surface area contributed by atoms with Crippen LogP contribution in [0.4, 0.5) is 20.4 Å². The summed E-state index contributed by atoms with van der Waals surface area (Å²) in [6.07, 6.45) is 0.391. The Morgan fingerprint density at radius 1 is 1.24 bits per heavy atom. The molecule has 29 heavy (non-hydrogen) atoms. The predicted octanol–water partition coefficient (Wildman–Crippen LogP) is 2.86. The van der Waals surface area contributed by atoms with Gasteiger partial charge in [-0.1, -0.05) is 12.1 Å². The van der Waals surface area contributed by atoms with Gasteiger partial charge in [0.05, 0.1) is 23.5 Å². The lowest BCUT2D eigenvalue weighted by atomic mass is 10.1. The summed E-state index contributed by atoms with van der Waals surface area (Å²) in [5, 5.41) is 0.346. The molecule has 3 aromatic rings. The number of halogens is 2. The maximum atomic E-state index is 13.3. The normalized spacial score (nSPS) is 16.7. The maximum Gasteiger partial charge on any atom is 0.261 e. The van der Waals surface area contributed by atoms with E-state index in [-0.39, 0.29) is 6.04 Å². The number of fused-ring (bicyclic) bond motifs is 1. The van der Waals surface area contributed by atoms with Crippen molar-refractivity contribution < 1.29 is 8.78 Å². The number of benzene rings is 1. The van der Waals surface area contributed by atoms with Gasteiger partial charge in [0.2, 0.25) is 0 Å². The van der Waals surface area contributed by atoms with Crippen molar-refractivity contribution in [2.24, 2.45) is 0 Å². The van der Waals surface area contributed by atoms with Crippen molar-refractivity contribution >= 4 is 22.5 Å². The zero-order valence-corrected chi connectivity index (χ0v) is 16.3. The molecular weight excluding hydrogens is 378 g/mol. The molecule has 0 saturated carbocycles. The van der Waals surface area contributed by atoms with Gasteiger partial charge in [0, 0.05) is 26.7 Å². The number of hydrogen-bond donors (Lipinski definition) is 0. The minimum atomic E-state index is -2.65. The van der Waals surface area contributed by atoms with Gasteiger partial charge in [-0.25, -0.2) is 23.7 Å². The van der Waals surface area contributed by atoms with E-state index in [1.807, 2.05) is 30.0 Å². The van der Waals surface area contributed by atoms with Gasteiger partial charge in [-0.3, -0.25) is 9.36 Å². The summed E-state index contributed by atoms with van der Waals surface area (Å²) < 4.78 is 27.7. The third kappa shape index (κ3) is 3.64. The topological polar surface area (TPSA) is 67.2 Å². The second kappa shape index (κ2) is 7.73. The van der Waals surface area contributed by atoms with Crippen LogP contribution in [-0.4, -0.2) is 46.6 Å². The standard InChI is InChI=1S/C20H22F2N6O/c1-26(2)17-10-18(24-12-23-17)27-9-5-8-15(27)19-25-14-7-4-3-6-13(14)20(29)28(19)11-16(21)22/h3-4,6-7,10,12,15-16H,5,8-9,11H2,1-2H3. The highest BCUT2D eigenvalue weighted by Crippen LogP contribution is 2.35. The van der Waals surface area contributed by atoms with Crippen molar-refractivity contribution in [3.8, 4) is 0 Å². The van der Waals surface area contributed by atoms with Crippen LogP contribution in [0.15, 0.2) is 41.5 Å². The van der Waals surface area contributed by atoms with E-state index < -0.39 is 18.5 Å². The van der Waals surface area contributed by atoms with E-state index in [0.717, 1.165) is 16.8 Å². The van der Waals surface area contributed by atoms with Crippen LogP contribution in [0.3, 0.4) is 0 Å². The minimum Gasteiger partial charge on any atom is -0.363 e. The molecule has 3 heterocycles. The molecule has 9 heteroatoms. The molecule has 152 valence electrons. The Labute approximate surface area is 166 Å². The summed E-state index contributed by atoms with van der Waals surface area (Å²) in [7, 11) is 3.78. The monoisotopic (exact) mass is 400 g/mol. The molecule has 0 N–H and O–H groups in total. The van der Waals surface area contributed by atoms with Crippen LogP contribution in [0, 0.1) is 0 Å². The van der Waals surface area contributed by atoms with Crippen molar-refractivity contribution in [2.75, 3.05) is 30.4 Å². The Morgan fingerprint density at radius 3 is 2.79 bits per heavy atom. The van der Waals surface area contributed by atoms with Gasteiger partial charge in [-0.05, 0) is 25.0 Å². The number of para-hydroxylation sites is 1. The first kappa shape index (κ1) is 19.2. The third-order valence-electron chi connectivity index (χ3n) is 5.15. The van der Waals surface area contributed by atoms with Gasteiger partial charge in [0.25, 0.3) is 12.0 Å². The molecule has 1 aliphatic rings. The van der Waals surface area contributed by atoms with Gasteiger partial charge in [0.1, 0.15) is 23.8 Å². The number of nitrogens with zero attached hydrogens (tertiary/aromatic N) is 6. The van der Waals surface area contributed by atoms with Crippen molar-refractivity contribution in [1.29, 1.82) is 0 Å². The molecule has 0 amide bonds. The maximum absolute atomic E-state index is 13.3. The lowest BCUT2D eigenvalue weighted by Gasteiger charge is -2.28. The van der Waals surface area contributed by atoms with Crippen molar-refractivity contribution in [3.63, 3.8) is 0 Å². The lowest BCUT2D eigenvalue weighted by molar-refractivity contribution is 0.123. The average Bonchev–Trinajstić information content (AvgIpc) is 3.19. The second-order valence-electron chi connectivity index (χ2n) is 7.27. The Balaban J connectivity index is 1.84. The van der Waals surface area contributed by atoms with Crippen LogP contribution in [0.1, 0.15) is 24.7 Å². The first-order chi connectivity index (χ1) is 14.0. The smallest absolute Gasteiger partial charge is 0.261 e.